The third-order valence-corrected chi connectivity index (χ3v) is 2.03. The Morgan fingerprint density at radius 2 is 1.62 bits per heavy atom. The van der Waals surface area contributed by atoms with Gasteiger partial charge in [0.05, 0.1) is 0 Å². The van der Waals surface area contributed by atoms with Crippen molar-refractivity contribution in [2.45, 2.75) is 6.92 Å². The molecule has 0 saturated carbocycles. The van der Waals surface area contributed by atoms with Gasteiger partial charge >= 0.3 is 0 Å². The van der Waals surface area contributed by atoms with Gasteiger partial charge in [-0.3, -0.25) is 0 Å². The molecule has 2 aromatic carbocycles. The standard InChI is InChI=1S/C13H11/c1-11-6-5-9-13(10-11)12-7-3-2-4-8-12/h2-9H,1H3. The molecular weight excluding hydrogens is 156 g/mol. The molecule has 0 N–H and O–H groups in total. The molecule has 0 fully saturated rings. The van der Waals surface area contributed by atoms with E-state index in [1.807, 2.05) is 18.2 Å². The van der Waals surface area contributed by atoms with Crippen molar-refractivity contribution in [3.63, 3.8) is 0 Å². The van der Waals surface area contributed by atoms with Gasteiger partial charge in [-0.1, -0.05) is 48.5 Å². The zero-order valence-electron chi connectivity index (χ0n) is 7.62. The van der Waals surface area contributed by atoms with Crippen LogP contribution in [0.2, 0.25) is 0 Å². The van der Waals surface area contributed by atoms with Gasteiger partial charge in [-0.2, -0.15) is 0 Å². The lowest BCUT2D eigenvalue weighted by Gasteiger charge is -2.00. The molecule has 0 atom stereocenters. The van der Waals surface area contributed by atoms with Crippen LogP contribution in [0.3, 0.4) is 0 Å². The molecule has 0 unspecified atom stereocenters. The van der Waals surface area contributed by atoms with Gasteiger partial charge in [0.15, 0.2) is 0 Å². The molecule has 1 radical (unpaired) electrons. The lowest BCUT2D eigenvalue weighted by Crippen LogP contribution is -1.78. The maximum Gasteiger partial charge on any atom is -0.00672 e. The number of benzene rings is 2. The zero-order chi connectivity index (χ0) is 9.10. The summed E-state index contributed by atoms with van der Waals surface area (Å²) in [5.74, 6) is 0. The predicted octanol–water partition coefficient (Wildman–Crippen LogP) is 3.46. The summed E-state index contributed by atoms with van der Waals surface area (Å²) in [7, 11) is 0. The SMILES string of the molecule is Cc1[c]c(-c2ccccc2)ccc1. The van der Waals surface area contributed by atoms with Gasteiger partial charge in [-0.25, -0.2) is 0 Å². The highest BCUT2D eigenvalue weighted by atomic mass is 14.0. The van der Waals surface area contributed by atoms with Crippen LogP contribution in [0.25, 0.3) is 11.1 Å². The molecule has 2 rings (SSSR count). The molecule has 0 aliphatic rings. The highest BCUT2D eigenvalue weighted by molar-refractivity contribution is 5.63. The summed E-state index contributed by atoms with van der Waals surface area (Å²) >= 11 is 0. The smallest absolute Gasteiger partial charge is 0.00672 e. The van der Waals surface area contributed by atoms with Crippen LogP contribution in [0.15, 0.2) is 48.5 Å². The summed E-state index contributed by atoms with van der Waals surface area (Å²) in [5.41, 5.74) is 3.58. The van der Waals surface area contributed by atoms with Gasteiger partial charge in [0.1, 0.15) is 0 Å². The lowest BCUT2D eigenvalue weighted by molar-refractivity contribution is 1.45. The molecule has 2 aromatic rings. The van der Waals surface area contributed by atoms with Crippen molar-refractivity contribution >= 4 is 0 Å². The summed E-state index contributed by atoms with van der Waals surface area (Å²) in [5, 5.41) is 0. The highest BCUT2D eigenvalue weighted by Gasteiger charge is 1.95. The van der Waals surface area contributed by atoms with Crippen LogP contribution >= 0.6 is 0 Å². The van der Waals surface area contributed by atoms with E-state index in [1.165, 1.54) is 16.7 Å². The first-order valence-corrected chi connectivity index (χ1v) is 4.40. The van der Waals surface area contributed by atoms with Gasteiger partial charge in [0, 0.05) is 0 Å². The summed E-state index contributed by atoms with van der Waals surface area (Å²) in [4.78, 5) is 0. The van der Waals surface area contributed by atoms with Crippen LogP contribution in [-0.2, 0) is 0 Å². The normalized spacial score (nSPS) is 9.92. The molecule has 0 amide bonds. The van der Waals surface area contributed by atoms with Crippen LogP contribution in [0.1, 0.15) is 5.56 Å². The van der Waals surface area contributed by atoms with Crippen molar-refractivity contribution < 1.29 is 0 Å². The molecule has 0 heteroatoms. The van der Waals surface area contributed by atoms with E-state index < -0.39 is 0 Å². The summed E-state index contributed by atoms with van der Waals surface area (Å²) in [6.45, 7) is 2.06. The van der Waals surface area contributed by atoms with Gasteiger partial charge in [0.25, 0.3) is 0 Å². The van der Waals surface area contributed by atoms with Crippen molar-refractivity contribution in [2.75, 3.05) is 0 Å². The number of hydrogen-bond acceptors (Lipinski definition) is 0. The Hall–Kier alpha value is -1.56. The first-order chi connectivity index (χ1) is 6.36. The lowest BCUT2D eigenvalue weighted by atomic mass is 10.0. The van der Waals surface area contributed by atoms with Crippen LogP contribution in [0.4, 0.5) is 0 Å². The molecule has 13 heavy (non-hydrogen) atoms. The van der Waals surface area contributed by atoms with Crippen molar-refractivity contribution in [1.82, 2.24) is 0 Å². The second-order valence-electron chi connectivity index (χ2n) is 3.11. The van der Waals surface area contributed by atoms with E-state index in [0.717, 1.165) is 0 Å². The molecular formula is C13H11. The third-order valence-electron chi connectivity index (χ3n) is 2.03. The molecule has 0 aliphatic carbocycles. The van der Waals surface area contributed by atoms with Crippen LogP contribution in [-0.4, -0.2) is 0 Å². The third kappa shape index (κ3) is 1.78. The molecule has 0 saturated heterocycles. The average Bonchev–Trinajstić information content (AvgIpc) is 2.19. The number of rotatable bonds is 1. The first kappa shape index (κ1) is 8.06. The largest absolute Gasteiger partial charge is 0.0622 e. The molecule has 0 spiro atoms. The maximum atomic E-state index is 3.32. The predicted molar refractivity (Wildman–Crippen MR) is 55.5 cm³/mol. The quantitative estimate of drug-likeness (QED) is 0.610. The Bertz CT molecular complexity index is 388. The van der Waals surface area contributed by atoms with Crippen LogP contribution in [0.5, 0.6) is 0 Å². The Morgan fingerprint density at radius 1 is 0.846 bits per heavy atom. The minimum atomic E-state index is 1.17. The average molecular weight is 167 g/mol. The van der Waals surface area contributed by atoms with E-state index in [4.69, 9.17) is 0 Å². The Balaban J connectivity index is 2.48. The fourth-order valence-corrected chi connectivity index (χ4v) is 1.37. The van der Waals surface area contributed by atoms with E-state index in [0.29, 0.717) is 0 Å². The van der Waals surface area contributed by atoms with Gasteiger partial charge in [0.2, 0.25) is 0 Å². The van der Waals surface area contributed by atoms with Gasteiger partial charge in [-0.15, -0.1) is 0 Å². The second kappa shape index (κ2) is 3.44. The van der Waals surface area contributed by atoms with E-state index in [9.17, 15) is 0 Å². The first-order valence-electron chi connectivity index (χ1n) is 4.40. The maximum absolute atomic E-state index is 3.32. The van der Waals surface area contributed by atoms with Crippen LogP contribution in [0, 0.1) is 13.0 Å². The highest BCUT2D eigenvalue weighted by Crippen LogP contribution is 2.18. The summed E-state index contributed by atoms with van der Waals surface area (Å²) in [6, 6.07) is 19.9. The van der Waals surface area contributed by atoms with E-state index >= 15 is 0 Å². The van der Waals surface area contributed by atoms with Crippen molar-refractivity contribution in [3.05, 3.63) is 60.2 Å². The second-order valence-corrected chi connectivity index (χ2v) is 3.11. The molecule has 0 nitrogen and oxygen atoms in total. The fraction of sp³-hybridized carbons (Fsp3) is 0.0769. The zero-order valence-corrected chi connectivity index (χ0v) is 7.62. The monoisotopic (exact) mass is 167 g/mol. The molecule has 63 valence electrons. The summed E-state index contributed by atoms with van der Waals surface area (Å²) < 4.78 is 0. The fourth-order valence-electron chi connectivity index (χ4n) is 1.37. The van der Waals surface area contributed by atoms with Crippen molar-refractivity contribution in [2.24, 2.45) is 0 Å². The van der Waals surface area contributed by atoms with Gasteiger partial charge < -0.3 is 0 Å². The molecule has 0 heterocycles. The Labute approximate surface area is 78.9 Å². The van der Waals surface area contributed by atoms with E-state index in [-0.39, 0.29) is 0 Å². The van der Waals surface area contributed by atoms with Gasteiger partial charge in [-0.05, 0) is 29.7 Å². The van der Waals surface area contributed by atoms with Crippen molar-refractivity contribution in [3.8, 4) is 11.1 Å². The molecule has 0 aliphatic heterocycles. The topological polar surface area (TPSA) is 0 Å². The number of hydrogen-bond donors (Lipinski definition) is 0. The van der Waals surface area contributed by atoms with E-state index in [2.05, 4.69) is 43.3 Å². The minimum Gasteiger partial charge on any atom is -0.0622 e. The van der Waals surface area contributed by atoms with E-state index in [1.54, 1.807) is 0 Å². The Kier molecular flexibility index (Phi) is 2.13. The summed E-state index contributed by atoms with van der Waals surface area (Å²) in [6.07, 6.45) is 0. The molecule has 0 bridgehead atoms. The van der Waals surface area contributed by atoms with Crippen molar-refractivity contribution in [1.29, 1.82) is 0 Å². The number of aryl methyl sites for hydroxylation is 1. The minimum absolute atomic E-state index is 1.17. The molecule has 0 aromatic heterocycles. The van der Waals surface area contributed by atoms with Crippen LogP contribution < -0.4 is 0 Å². The Morgan fingerprint density at radius 3 is 2.31 bits per heavy atom.